The highest BCUT2D eigenvalue weighted by atomic mass is 19.3. The molecule has 1 aliphatic heterocycles. The first-order chi connectivity index (χ1) is 44.1. The monoisotopic (exact) mass is 1180 g/mol. The lowest BCUT2D eigenvalue weighted by molar-refractivity contribution is 0.241. The summed E-state index contributed by atoms with van der Waals surface area (Å²) in [6, 6.07) is 96.7. The minimum Gasteiger partial charge on any atom is -0.428 e. The summed E-state index contributed by atoms with van der Waals surface area (Å²) in [5.41, 5.74) is 20.5. The zero-order valence-corrected chi connectivity index (χ0v) is 47.9. The van der Waals surface area contributed by atoms with E-state index in [2.05, 4.69) is 215 Å². The third-order valence-corrected chi connectivity index (χ3v) is 17.1. The van der Waals surface area contributed by atoms with Gasteiger partial charge in [0, 0.05) is 44.3 Å². The molecule has 13 aromatic carbocycles. The highest BCUT2D eigenvalue weighted by Crippen LogP contribution is 2.56. The summed E-state index contributed by atoms with van der Waals surface area (Å²) < 4.78 is 81.0. The van der Waals surface area contributed by atoms with E-state index >= 15 is 0 Å². The SMILES string of the molecule is N/C(F)=C(/F)Oc1ccc(N(c2cccc(-c3ccc4c(c3)c3cc(-c5cccc(N(c6ccc(OC(F)=C(F)F)cc6)c6cccc7ccccc67)c5)cc5c3n4-c3ccccc3C5(c3ccccc3)c3ccccc3)c2)c2cccc3ccccc23)cc1. The summed E-state index contributed by atoms with van der Waals surface area (Å²) in [5.74, 6) is -1.54. The van der Waals surface area contributed by atoms with E-state index < -0.39 is 29.5 Å². The minimum atomic E-state index is -2.54. The average molecular weight is 1180 g/mol. The molecule has 90 heavy (non-hydrogen) atoms. The maximum absolute atomic E-state index is 14.3. The summed E-state index contributed by atoms with van der Waals surface area (Å²) in [6.45, 7) is 0. The van der Waals surface area contributed by atoms with Crippen LogP contribution >= 0.6 is 0 Å². The van der Waals surface area contributed by atoms with E-state index in [0.29, 0.717) is 5.69 Å². The van der Waals surface area contributed by atoms with Gasteiger partial charge in [-0.1, -0.05) is 182 Å². The zero-order chi connectivity index (χ0) is 61.0. The molecule has 0 spiro atoms. The summed E-state index contributed by atoms with van der Waals surface area (Å²) >= 11 is 0. The Morgan fingerprint density at radius 3 is 1.38 bits per heavy atom. The van der Waals surface area contributed by atoms with Crippen molar-refractivity contribution in [3.63, 3.8) is 0 Å². The first-order valence-electron chi connectivity index (χ1n) is 29.3. The number of nitrogens with zero attached hydrogens (tertiary/aromatic N) is 3. The third-order valence-electron chi connectivity index (χ3n) is 17.1. The van der Waals surface area contributed by atoms with Crippen LogP contribution in [0.15, 0.2) is 321 Å². The quantitative estimate of drug-likeness (QED) is 0.0668. The molecule has 15 rings (SSSR count). The standard InChI is InChI=1S/C79H51F5N4O2/c80-75(81)77(83)89-62-40-36-58(37-41-62)87(71-34-16-20-51-18-8-10-30-65(51)71)61-28-14-22-53(46-61)55-48-67-66-47-54(35-44-72(66)88-73-32-12-11-31-68(73)79(69(49-55)74(67)88,56-23-3-1-4-24-56)57-25-5-2-6-26-57)52-21-13-27-60(45-52)86(70-33-15-19-50-17-7-9-29-64(50)70)59-38-42-63(43-39-59)90-78(84)76(82)85/h1-49H,85H2/b78-76-. The Balaban J connectivity index is 0.953. The summed E-state index contributed by atoms with van der Waals surface area (Å²) in [6.07, 6.45) is -2.54. The predicted molar refractivity (Wildman–Crippen MR) is 353 cm³/mol. The molecule has 0 bridgehead atoms. The normalized spacial score (nSPS) is 12.6. The fraction of sp³-hybridized carbons (Fsp3) is 0.0127. The van der Waals surface area contributed by atoms with Crippen LogP contribution in [0.5, 0.6) is 11.5 Å². The highest BCUT2D eigenvalue weighted by Gasteiger charge is 2.45. The minimum absolute atomic E-state index is 0.0767. The Kier molecular flexibility index (Phi) is 13.8. The number of aromatic nitrogens is 1. The lowest BCUT2D eigenvalue weighted by Gasteiger charge is -2.42. The molecule has 0 amide bonds. The second kappa shape index (κ2) is 22.5. The number of hydrogen-bond donors (Lipinski definition) is 1. The van der Waals surface area contributed by atoms with Crippen molar-refractivity contribution < 1.29 is 31.4 Å². The first-order valence-corrected chi connectivity index (χ1v) is 29.3. The van der Waals surface area contributed by atoms with E-state index in [1.165, 1.54) is 12.1 Å². The second-order valence-corrected chi connectivity index (χ2v) is 22.1. The van der Waals surface area contributed by atoms with Crippen molar-refractivity contribution in [2.75, 3.05) is 9.80 Å². The summed E-state index contributed by atoms with van der Waals surface area (Å²) in [4.78, 5) is 4.27. The number of ether oxygens (including phenoxy) is 2. The number of halogens is 5. The molecular weight excluding hydrogens is 1130 g/mol. The van der Waals surface area contributed by atoms with Gasteiger partial charge in [-0.3, -0.25) is 0 Å². The molecule has 1 aliphatic rings. The van der Waals surface area contributed by atoms with Crippen LogP contribution in [0.4, 0.5) is 56.1 Å². The zero-order valence-electron chi connectivity index (χ0n) is 47.9. The molecular formula is C79H51F5N4O2. The first kappa shape index (κ1) is 54.9. The van der Waals surface area contributed by atoms with Crippen LogP contribution in [0, 0.1) is 0 Å². The molecule has 2 N–H and O–H groups in total. The van der Waals surface area contributed by atoms with Gasteiger partial charge in [-0.25, -0.2) is 0 Å². The number of rotatable bonds is 14. The van der Waals surface area contributed by atoms with Crippen molar-refractivity contribution in [3.05, 3.63) is 344 Å². The van der Waals surface area contributed by atoms with Gasteiger partial charge in [-0.15, -0.1) is 0 Å². The number of fused-ring (bicyclic) bond motifs is 7. The average Bonchev–Trinajstić information content (AvgIpc) is 1.48. The molecule has 6 nitrogen and oxygen atoms in total. The van der Waals surface area contributed by atoms with Gasteiger partial charge >= 0.3 is 18.1 Å². The molecule has 11 heteroatoms. The van der Waals surface area contributed by atoms with Crippen LogP contribution in [0.25, 0.3) is 71.3 Å². The molecule has 0 aliphatic carbocycles. The molecule has 0 fully saturated rings. The molecule has 1 aromatic heterocycles. The second-order valence-electron chi connectivity index (χ2n) is 22.1. The van der Waals surface area contributed by atoms with Crippen LogP contribution in [0.2, 0.25) is 0 Å². The van der Waals surface area contributed by atoms with Crippen molar-refractivity contribution >= 4 is 77.5 Å². The van der Waals surface area contributed by atoms with Crippen molar-refractivity contribution in [2.24, 2.45) is 5.73 Å². The van der Waals surface area contributed by atoms with E-state index in [9.17, 15) is 22.0 Å². The van der Waals surface area contributed by atoms with Crippen LogP contribution in [0.1, 0.15) is 22.3 Å². The maximum atomic E-state index is 14.3. The van der Waals surface area contributed by atoms with Gasteiger partial charge in [0.25, 0.3) is 5.95 Å². The number of nitrogens with two attached hydrogens (primary N) is 1. The fourth-order valence-electron chi connectivity index (χ4n) is 13.3. The van der Waals surface area contributed by atoms with E-state index in [1.54, 1.807) is 36.4 Å². The van der Waals surface area contributed by atoms with Gasteiger partial charge in [0.05, 0.1) is 33.5 Å². The molecule has 0 radical (unpaired) electrons. The fourth-order valence-corrected chi connectivity index (χ4v) is 13.3. The number of anilines is 6. The van der Waals surface area contributed by atoms with Gasteiger partial charge < -0.3 is 29.6 Å². The van der Waals surface area contributed by atoms with Crippen LogP contribution < -0.4 is 25.0 Å². The summed E-state index contributed by atoms with van der Waals surface area (Å²) in [5, 5.41) is 6.13. The number of para-hydroxylation sites is 1. The molecule has 0 saturated carbocycles. The van der Waals surface area contributed by atoms with Crippen molar-refractivity contribution in [1.82, 2.24) is 4.57 Å². The van der Waals surface area contributed by atoms with Crippen molar-refractivity contribution in [3.8, 4) is 39.4 Å². The lowest BCUT2D eigenvalue weighted by atomic mass is 9.63. The molecule has 0 saturated heterocycles. The molecule has 2 heterocycles. The molecule has 0 atom stereocenters. The van der Waals surface area contributed by atoms with Crippen LogP contribution in [-0.2, 0) is 5.41 Å². The Morgan fingerprint density at radius 2 is 0.822 bits per heavy atom. The Morgan fingerprint density at radius 1 is 0.356 bits per heavy atom. The molecule has 14 aromatic rings. The maximum Gasteiger partial charge on any atom is 0.344 e. The Hall–Kier alpha value is -11.7. The van der Waals surface area contributed by atoms with E-state index in [0.717, 1.165) is 122 Å². The Labute approximate surface area is 514 Å². The van der Waals surface area contributed by atoms with E-state index in [1.807, 2.05) is 48.5 Å². The van der Waals surface area contributed by atoms with Crippen molar-refractivity contribution in [2.45, 2.75) is 5.41 Å². The summed E-state index contributed by atoms with van der Waals surface area (Å²) in [7, 11) is 0. The van der Waals surface area contributed by atoms with Crippen molar-refractivity contribution in [1.29, 1.82) is 0 Å². The van der Waals surface area contributed by atoms with Gasteiger partial charge in [0.15, 0.2) is 0 Å². The highest BCUT2D eigenvalue weighted by molar-refractivity contribution is 6.15. The van der Waals surface area contributed by atoms with E-state index in [4.69, 9.17) is 15.2 Å². The Bertz CT molecular complexity index is 5110. The molecule has 0 unspecified atom stereocenters. The van der Waals surface area contributed by atoms with Gasteiger partial charge in [0.2, 0.25) is 0 Å². The van der Waals surface area contributed by atoms with Gasteiger partial charge in [0.1, 0.15) is 11.5 Å². The number of hydrogen-bond acceptors (Lipinski definition) is 5. The van der Waals surface area contributed by atoms with Crippen LogP contribution in [0.3, 0.4) is 0 Å². The smallest absolute Gasteiger partial charge is 0.344 e. The lowest BCUT2D eigenvalue weighted by Crippen LogP contribution is -2.35. The largest absolute Gasteiger partial charge is 0.428 e. The van der Waals surface area contributed by atoms with E-state index in [-0.39, 0.29) is 11.5 Å². The predicted octanol–water partition coefficient (Wildman–Crippen LogP) is 21.9. The van der Waals surface area contributed by atoms with Crippen LogP contribution in [-0.4, -0.2) is 4.57 Å². The molecule has 434 valence electrons. The van der Waals surface area contributed by atoms with Gasteiger partial charge in [-0.05, 0) is 171 Å². The third kappa shape index (κ3) is 9.42. The van der Waals surface area contributed by atoms with Gasteiger partial charge in [-0.2, -0.15) is 22.0 Å². The topological polar surface area (TPSA) is 55.9 Å². The number of benzene rings is 13.